The highest BCUT2D eigenvalue weighted by atomic mass is 32.2. The summed E-state index contributed by atoms with van der Waals surface area (Å²) in [6.45, 7) is 16.7. The molecule has 0 aliphatic carbocycles. The summed E-state index contributed by atoms with van der Waals surface area (Å²) in [7, 11) is 0. The van der Waals surface area contributed by atoms with E-state index in [9.17, 15) is 0 Å². The second-order valence-corrected chi connectivity index (χ2v) is 5.29. The summed E-state index contributed by atoms with van der Waals surface area (Å²) < 4.78 is 0. The molecule has 0 heterocycles. The predicted molar refractivity (Wildman–Crippen MR) is 74.0 cm³/mol. The van der Waals surface area contributed by atoms with Crippen LogP contribution in [0.4, 0.5) is 0 Å². The Morgan fingerprint density at radius 3 is 2.13 bits per heavy atom. The fourth-order valence-corrected chi connectivity index (χ4v) is 2.27. The predicted octanol–water partition coefficient (Wildman–Crippen LogP) is 5.54. The highest BCUT2D eigenvalue weighted by Gasteiger charge is 2.09. The van der Waals surface area contributed by atoms with Crippen LogP contribution in [0.2, 0.25) is 0 Å². The van der Waals surface area contributed by atoms with Gasteiger partial charge in [0.15, 0.2) is 0 Å². The zero-order chi connectivity index (χ0) is 11.8. The van der Waals surface area contributed by atoms with Crippen molar-refractivity contribution >= 4 is 11.8 Å². The Hall–Kier alpha value is -0.430. The van der Waals surface area contributed by atoms with Gasteiger partial charge in [-0.05, 0) is 36.7 Å². The number of rotatable bonds is 7. The highest BCUT2D eigenvalue weighted by molar-refractivity contribution is 8.06. The molecule has 0 bridgehead atoms. The van der Waals surface area contributed by atoms with Gasteiger partial charge in [0, 0.05) is 4.91 Å². The maximum absolute atomic E-state index is 4.18. The topological polar surface area (TPSA) is 0 Å². The number of hydrogen-bond acceptors (Lipinski definition) is 1. The van der Waals surface area contributed by atoms with Crippen LogP contribution >= 0.6 is 11.8 Å². The van der Waals surface area contributed by atoms with Gasteiger partial charge in [0.1, 0.15) is 0 Å². The van der Waals surface area contributed by atoms with Crippen molar-refractivity contribution in [3.8, 4) is 0 Å². The number of thioether (sulfide) groups is 1. The molecule has 0 nitrogen and oxygen atoms in total. The Balaban J connectivity index is 4.34. The third kappa shape index (κ3) is 5.88. The fraction of sp³-hybridized carbons (Fsp3) is 0.571. The monoisotopic (exact) mass is 224 g/mol. The third-order valence-corrected chi connectivity index (χ3v) is 3.68. The fourth-order valence-electron chi connectivity index (χ4n) is 1.55. The molecule has 0 atom stereocenters. The van der Waals surface area contributed by atoms with Crippen molar-refractivity contribution in [2.24, 2.45) is 5.92 Å². The number of hydrogen-bond donors (Lipinski definition) is 0. The summed E-state index contributed by atoms with van der Waals surface area (Å²) in [4.78, 5) is 2.42. The van der Waals surface area contributed by atoms with Crippen LogP contribution in [0.15, 0.2) is 34.6 Å². The molecule has 86 valence electrons. The molecule has 0 amide bonds. The van der Waals surface area contributed by atoms with Crippen LogP contribution in [-0.4, -0.2) is 0 Å². The molecule has 0 spiro atoms. The standard InChI is InChI=1S/C14H24S/c1-7-13(8-2)10-12(6)14(9-3)15-11(4)5/h9,13H,4,6-8,10H2,1-3,5H3/b14-9-. The van der Waals surface area contributed by atoms with E-state index in [2.05, 4.69) is 40.0 Å². The van der Waals surface area contributed by atoms with Crippen LogP contribution in [0.25, 0.3) is 0 Å². The SMILES string of the molecule is C=C(C)S/C(=C\C)C(=C)CC(CC)CC. The molecule has 0 radical (unpaired) electrons. The third-order valence-electron chi connectivity index (χ3n) is 2.58. The lowest BCUT2D eigenvalue weighted by Gasteiger charge is -2.16. The van der Waals surface area contributed by atoms with Gasteiger partial charge >= 0.3 is 0 Å². The van der Waals surface area contributed by atoms with Crippen molar-refractivity contribution < 1.29 is 0 Å². The van der Waals surface area contributed by atoms with E-state index in [1.54, 1.807) is 11.8 Å². The average molecular weight is 224 g/mol. The molecule has 1 heteroatoms. The van der Waals surface area contributed by atoms with Crippen LogP contribution in [0.3, 0.4) is 0 Å². The Morgan fingerprint density at radius 2 is 1.80 bits per heavy atom. The maximum Gasteiger partial charge on any atom is 0.0102 e. The van der Waals surface area contributed by atoms with Gasteiger partial charge in [0.2, 0.25) is 0 Å². The average Bonchev–Trinajstić information content (AvgIpc) is 2.21. The van der Waals surface area contributed by atoms with Gasteiger partial charge in [-0.3, -0.25) is 0 Å². The van der Waals surface area contributed by atoms with E-state index in [-0.39, 0.29) is 0 Å². The molecule has 0 saturated heterocycles. The minimum Gasteiger partial charge on any atom is -0.0956 e. The van der Waals surface area contributed by atoms with Gasteiger partial charge in [-0.15, -0.1) is 0 Å². The van der Waals surface area contributed by atoms with Gasteiger partial charge < -0.3 is 0 Å². The summed E-state index contributed by atoms with van der Waals surface area (Å²) in [5, 5.41) is 0. The Kier molecular flexibility index (Phi) is 7.59. The molecule has 0 saturated carbocycles. The van der Waals surface area contributed by atoms with Crippen molar-refractivity contribution in [2.75, 3.05) is 0 Å². The van der Waals surface area contributed by atoms with Crippen LogP contribution < -0.4 is 0 Å². The molecule has 0 unspecified atom stereocenters. The van der Waals surface area contributed by atoms with Crippen LogP contribution in [-0.2, 0) is 0 Å². The minimum atomic E-state index is 0.776. The van der Waals surface area contributed by atoms with Crippen molar-refractivity contribution in [3.05, 3.63) is 34.6 Å². The molecule has 0 rings (SSSR count). The summed E-state index contributed by atoms with van der Waals surface area (Å²) >= 11 is 1.74. The molecule has 0 N–H and O–H groups in total. The summed E-state index contributed by atoms with van der Waals surface area (Å²) in [5.41, 5.74) is 1.26. The lowest BCUT2D eigenvalue weighted by atomic mass is 9.95. The van der Waals surface area contributed by atoms with Gasteiger partial charge in [0.25, 0.3) is 0 Å². The Labute approximate surface area is 99.5 Å². The first-order valence-corrected chi connectivity index (χ1v) is 6.54. The van der Waals surface area contributed by atoms with Crippen molar-refractivity contribution in [2.45, 2.75) is 47.0 Å². The second-order valence-electron chi connectivity index (χ2n) is 3.95. The van der Waals surface area contributed by atoms with E-state index in [0.29, 0.717) is 0 Å². The normalized spacial score (nSPS) is 11.9. The molecule has 0 aromatic heterocycles. The Morgan fingerprint density at radius 1 is 1.27 bits per heavy atom. The summed E-state index contributed by atoms with van der Waals surface area (Å²) in [6.07, 6.45) is 5.74. The quantitative estimate of drug-likeness (QED) is 0.512. The highest BCUT2D eigenvalue weighted by Crippen LogP contribution is 2.33. The van der Waals surface area contributed by atoms with Crippen molar-refractivity contribution in [1.29, 1.82) is 0 Å². The molecule has 15 heavy (non-hydrogen) atoms. The lowest BCUT2D eigenvalue weighted by molar-refractivity contribution is 0.492. The first-order chi connectivity index (χ1) is 7.04. The molecule has 0 aromatic carbocycles. The van der Waals surface area contributed by atoms with Crippen LogP contribution in [0.5, 0.6) is 0 Å². The van der Waals surface area contributed by atoms with Crippen molar-refractivity contribution in [1.82, 2.24) is 0 Å². The maximum atomic E-state index is 4.18. The first-order valence-electron chi connectivity index (χ1n) is 5.72. The summed E-state index contributed by atoms with van der Waals surface area (Å²) in [5.74, 6) is 0.776. The van der Waals surface area contributed by atoms with Gasteiger partial charge in [-0.1, -0.05) is 57.7 Å². The Bertz CT molecular complexity index is 244. The van der Waals surface area contributed by atoms with E-state index in [4.69, 9.17) is 0 Å². The van der Waals surface area contributed by atoms with E-state index in [0.717, 1.165) is 17.2 Å². The van der Waals surface area contributed by atoms with Gasteiger partial charge in [0.05, 0.1) is 0 Å². The molecule has 0 aliphatic rings. The summed E-state index contributed by atoms with van der Waals surface area (Å²) in [6, 6.07) is 0. The van der Waals surface area contributed by atoms with E-state index in [1.807, 2.05) is 6.92 Å². The zero-order valence-electron chi connectivity index (χ0n) is 10.6. The largest absolute Gasteiger partial charge is 0.0956 e. The van der Waals surface area contributed by atoms with E-state index >= 15 is 0 Å². The minimum absolute atomic E-state index is 0.776. The smallest absolute Gasteiger partial charge is 0.0102 e. The lowest BCUT2D eigenvalue weighted by Crippen LogP contribution is -1.99. The molecule has 0 aliphatic heterocycles. The van der Waals surface area contributed by atoms with Gasteiger partial charge in [-0.2, -0.15) is 0 Å². The molecule has 0 fully saturated rings. The second kappa shape index (κ2) is 7.81. The molecule has 0 aromatic rings. The van der Waals surface area contributed by atoms with Crippen LogP contribution in [0.1, 0.15) is 47.0 Å². The van der Waals surface area contributed by atoms with Crippen LogP contribution in [0, 0.1) is 5.92 Å². The molecular weight excluding hydrogens is 200 g/mol. The van der Waals surface area contributed by atoms with Crippen molar-refractivity contribution in [3.63, 3.8) is 0 Å². The zero-order valence-corrected chi connectivity index (χ0v) is 11.4. The van der Waals surface area contributed by atoms with E-state index in [1.165, 1.54) is 23.3 Å². The molecular formula is C14H24S. The first kappa shape index (κ1) is 14.6. The van der Waals surface area contributed by atoms with Gasteiger partial charge in [-0.25, -0.2) is 0 Å². The number of allylic oxidation sites excluding steroid dienone is 3. The van der Waals surface area contributed by atoms with E-state index < -0.39 is 0 Å².